The molecule has 1 unspecified atom stereocenters. The molecule has 1 aromatic rings. The number of aromatic nitrogens is 1. The van der Waals surface area contributed by atoms with Gasteiger partial charge < -0.3 is 15.4 Å². The molecule has 7 nitrogen and oxygen atoms in total. The van der Waals surface area contributed by atoms with Gasteiger partial charge in [-0.05, 0) is 26.3 Å². The van der Waals surface area contributed by atoms with E-state index in [0.29, 0.717) is 24.8 Å². The molecular weight excluding hydrogens is 443 g/mol. The maximum absolute atomic E-state index is 11.2. The first-order valence-electron chi connectivity index (χ1n) is 7.56. The Kier molecular flexibility index (Phi) is 10.9. The van der Waals surface area contributed by atoms with Gasteiger partial charge in [0.05, 0.1) is 25.1 Å². The number of hydrogen-bond acceptors (Lipinski definition) is 5. The number of ether oxygens (including phenoxy) is 1. The Balaban J connectivity index is 0.00000529. The average Bonchev–Trinajstić information content (AvgIpc) is 2.50. The van der Waals surface area contributed by atoms with E-state index in [9.17, 15) is 8.42 Å². The number of halogens is 1. The summed E-state index contributed by atoms with van der Waals surface area (Å²) in [4.78, 5) is 8.78. The van der Waals surface area contributed by atoms with E-state index >= 15 is 0 Å². The first-order chi connectivity index (χ1) is 10.8. The fourth-order valence-corrected chi connectivity index (χ4v) is 2.62. The van der Waals surface area contributed by atoms with Gasteiger partial charge in [-0.3, -0.25) is 0 Å². The number of nitrogens with zero attached hydrogens (tertiary/aromatic N) is 2. The minimum Gasteiger partial charge on any atom is -0.481 e. The molecule has 0 amide bonds. The molecule has 1 atom stereocenters. The van der Waals surface area contributed by atoms with Gasteiger partial charge in [0, 0.05) is 24.9 Å². The molecule has 24 heavy (non-hydrogen) atoms. The SMILES string of the molecule is CCNC(=NCc1cccc(OC)n1)NC(C)CCS(C)(=O)=O.I. The highest BCUT2D eigenvalue weighted by Gasteiger charge is 2.09. The van der Waals surface area contributed by atoms with E-state index in [-0.39, 0.29) is 35.8 Å². The zero-order valence-electron chi connectivity index (χ0n) is 14.6. The van der Waals surface area contributed by atoms with Gasteiger partial charge in [-0.1, -0.05) is 6.07 Å². The van der Waals surface area contributed by atoms with E-state index in [0.717, 1.165) is 12.2 Å². The van der Waals surface area contributed by atoms with Crippen molar-refractivity contribution in [3.05, 3.63) is 23.9 Å². The van der Waals surface area contributed by atoms with Gasteiger partial charge in [-0.15, -0.1) is 24.0 Å². The topological polar surface area (TPSA) is 92.7 Å². The molecule has 0 aliphatic heterocycles. The molecule has 138 valence electrons. The van der Waals surface area contributed by atoms with Gasteiger partial charge in [0.15, 0.2) is 5.96 Å². The highest BCUT2D eigenvalue weighted by atomic mass is 127. The van der Waals surface area contributed by atoms with Crippen molar-refractivity contribution < 1.29 is 13.2 Å². The van der Waals surface area contributed by atoms with Crippen molar-refractivity contribution in [2.24, 2.45) is 4.99 Å². The Bertz CT molecular complexity index is 623. The number of hydrogen-bond donors (Lipinski definition) is 2. The van der Waals surface area contributed by atoms with Crippen LogP contribution in [0.2, 0.25) is 0 Å². The second kappa shape index (κ2) is 11.5. The van der Waals surface area contributed by atoms with Crippen LogP contribution in [0.1, 0.15) is 26.0 Å². The zero-order chi connectivity index (χ0) is 17.3. The maximum atomic E-state index is 11.2. The van der Waals surface area contributed by atoms with Gasteiger partial charge in [-0.2, -0.15) is 0 Å². The van der Waals surface area contributed by atoms with Crippen molar-refractivity contribution in [3.63, 3.8) is 0 Å². The van der Waals surface area contributed by atoms with Crippen molar-refractivity contribution in [1.29, 1.82) is 0 Å². The van der Waals surface area contributed by atoms with Crippen molar-refractivity contribution in [2.75, 3.05) is 25.7 Å². The summed E-state index contributed by atoms with van der Waals surface area (Å²) in [5, 5.41) is 6.34. The molecule has 0 aromatic carbocycles. The van der Waals surface area contributed by atoms with Crippen molar-refractivity contribution in [1.82, 2.24) is 15.6 Å². The number of nitrogens with one attached hydrogen (secondary N) is 2. The molecule has 9 heteroatoms. The largest absolute Gasteiger partial charge is 0.481 e. The fourth-order valence-electron chi connectivity index (χ4n) is 1.84. The number of rotatable bonds is 8. The number of sulfone groups is 1. The summed E-state index contributed by atoms with van der Waals surface area (Å²) in [5.41, 5.74) is 0.797. The van der Waals surface area contributed by atoms with Gasteiger partial charge >= 0.3 is 0 Å². The summed E-state index contributed by atoms with van der Waals surface area (Å²) in [5.74, 6) is 1.34. The Morgan fingerprint density at radius 3 is 2.71 bits per heavy atom. The van der Waals surface area contributed by atoms with E-state index in [1.807, 2.05) is 26.0 Å². The summed E-state index contributed by atoms with van der Waals surface area (Å²) in [6.07, 6.45) is 1.77. The summed E-state index contributed by atoms with van der Waals surface area (Å²) in [7, 11) is -1.38. The molecule has 1 heterocycles. The predicted molar refractivity (Wildman–Crippen MR) is 108 cm³/mol. The van der Waals surface area contributed by atoms with Gasteiger partial charge in [0.2, 0.25) is 5.88 Å². The van der Waals surface area contributed by atoms with Crippen LogP contribution in [0.3, 0.4) is 0 Å². The third-order valence-corrected chi connectivity index (χ3v) is 4.02. The Hall–Kier alpha value is -1.10. The highest BCUT2D eigenvalue weighted by Crippen LogP contribution is 2.07. The monoisotopic (exact) mass is 470 g/mol. The zero-order valence-corrected chi connectivity index (χ0v) is 17.7. The number of guanidine groups is 1. The average molecular weight is 470 g/mol. The summed E-state index contributed by atoms with van der Waals surface area (Å²) < 4.78 is 27.5. The Morgan fingerprint density at radius 1 is 1.42 bits per heavy atom. The van der Waals surface area contributed by atoms with E-state index in [1.165, 1.54) is 6.26 Å². The van der Waals surface area contributed by atoms with Gasteiger partial charge in [0.1, 0.15) is 9.84 Å². The summed E-state index contributed by atoms with van der Waals surface area (Å²) in [6, 6.07) is 5.53. The smallest absolute Gasteiger partial charge is 0.213 e. The Morgan fingerprint density at radius 2 is 2.12 bits per heavy atom. The van der Waals surface area contributed by atoms with E-state index in [1.54, 1.807) is 13.2 Å². The van der Waals surface area contributed by atoms with E-state index in [2.05, 4.69) is 20.6 Å². The second-order valence-corrected chi connectivity index (χ2v) is 7.59. The lowest BCUT2D eigenvalue weighted by atomic mass is 10.3. The van der Waals surface area contributed by atoms with Crippen LogP contribution in [0.15, 0.2) is 23.2 Å². The molecule has 0 radical (unpaired) electrons. The fraction of sp³-hybridized carbons (Fsp3) is 0.600. The number of aliphatic imine (C=N–C) groups is 1. The molecule has 1 aromatic heterocycles. The van der Waals surface area contributed by atoms with Crippen molar-refractivity contribution in [2.45, 2.75) is 32.9 Å². The molecule has 0 aliphatic rings. The van der Waals surface area contributed by atoms with Crippen LogP contribution in [0, 0.1) is 0 Å². The summed E-state index contributed by atoms with van der Waals surface area (Å²) in [6.45, 7) is 5.03. The summed E-state index contributed by atoms with van der Waals surface area (Å²) >= 11 is 0. The molecule has 1 rings (SSSR count). The lowest BCUT2D eigenvalue weighted by Gasteiger charge is -2.17. The highest BCUT2D eigenvalue weighted by molar-refractivity contribution is 14.0. The molecule has 2 N–H and O–H groups in total. The van der Waals surface area contributed by atoms with Crippen LogP contribution in [0.25, 0.3) is 0 Å². The third-order valence-electron chi connectivity index (χ3n) is 3.04. The van der Waals surface area contributed by atoms with Crippen LogP contribution in [-0.4, -0.2) is 51.1 Å². The molecule has 0 bridgehead atoms. The van der Waals surface area contributed by atoms with Crippen molar-refractivity contribution >= 4 is 39.8 Å². The lowest BCUT2D eigenvalue weighted by molar-refractivity contribution is 0.396. The molecule has 0 fully saturated rings. The quantitative estimate of drug-likeness (QED) is 0.341. The molecule has 0 spiro atoms. The number of pyridine rings is 1. The third kappa shape index (κ3) is 9.91. The van der Waals surface area contributed by atoms with Gasteiger partial charge in [0.25, 0.3) is 0 Å². The van der Waals surface area contributed by atoms with E-state index in [4.69, 9.17) is 4.74 Å². The van der Waals surface area contributed by atoms with Crippen LogP contribution in [-0.2, 0) is 16.4 Å². The maximum Gasteiger partial charge on any atom is 0.213 e. The van der Waals surface area contributed by atoms with Crippen LogP contribution in [0.5, 0.6) is 5.88 Å². The first kappa shape index (κ1) is 22.9. The molecule has 0 aliphatic carbocycles. The van der Waals surface area contributed by atoms with Gasteiger partial charge in [-0.25, -0.2) is 18.4 Å². The number of methoxy groups -OCH3 is 1. The minimum absolute atomic E-state index is 0. The van der Waals surface area contributed by atoms with Crippen LogP contribution in [0.4, 0.5) is 0 Å². The Labute approximate surface area is 161 Å². The molecule has 0 saturated carbocycles. The standard InChI is InChI=1S/C15H26N4O3S.HI/c1-5-16-15(18-12(2)9-10-23(4,20)21)17-11-13-7-6-8-14(19-13)22-3;/h6-8,12H,5,9-11H2,1-4H3,(H2,16,17,18);1H. The first-order valence-corrected chi connectivity index (χ1v) is 9.62. The molecule has 0 saturated heterocycles. The minimum atomic E-state index is -2.95. The lowest BCUT2D eigenvalue weighted by Crippen LogP contribution is -2.42. The van der Waals surface area contributed by atoms with Crippen LogP contribution >= 0.6 is 24.0 Å². The predicted octanol–water partition coefficient (Wildman–Crippen LogP) is 1.59. The second-order valence-electron chi connectivity index (χ2n) is 5.33. The van der Waals surface area contributed by atoms with E-state index < -0.39 is 9.84 Å². The normalized spacial score (nSPS) is 12.9. The van der Waals surface area contributed by atoms with Crippen LogP contribution < -0.4 is 15.4 Å². The van der Waals surface area contributed by atoms with Crippen molar-refractivity contribution in [3.8, 4) is 5.88 Å². The molecular formula is C15H27IN4O3S.